The van der Waals surface area contributed by atoms with Crippen LogP contribution >= 0.6 is 0 Å². The highest BCUT2D eigenvalue weighted by Crippen LogP contribution is 2.18. The Morgan fingerprint density at radius 2 is 1.62 bits per heavy atom. The first-order valence-electron chi connectivity index (χ1n) is 7.98. The summed E-state index contributed by atoms with van der Waals surface area (Å²) in [6, 6.07) is 15.6. The van der Waals surface area contributed by atoms with E-state index in [1.165, 1.54) is 0 Å². The van der Waals surface area contributed by atoms with Gasteiger partial charge >= 0.3 is 0 Å². The van der Waals surface area contributed by atoms with Gasteiger partial charge in [-0.25, -0.2) is 0 Å². The zero-order chi connectivity index (χ0) is 17.4. The van der Waals surface area contributed by atoms with E-state index < -0.39 is 0 Å². The highest BCUT2D eigenvalue weighted by Gasteiger charge is 2.04. The summed E-state index contributed by atoms with van der Waals surface area (Å²) in [5.74, 6) is 1.58. The highest BCUT2D eigenvalue weighted by molar-refractivity contribution is 5.61. The van der Waals surface area contributed by atoms with Crippen LogP contribution in [0.1, 0.15) is 25.0 Å². The molecule has 0 amide bonds. The second-order valence-corrected chi connectivity index (χ2v) is 5.48. The molecule has 0 aliphatic carbocycles. The van der Waals surface area contributed by atoms with E-state index in [2.05, 4.69) is 13.2 Å². The summed E-state index contributed by atoms with van der Waals surface area (Å²) in [6.45, 7) is 12.4. The molecule has 0 N–H and O–H groups in total. The van der Waals surface area contributed by atoms with Crippen molar-refractivity contribution in [3.8, 4) is 11.5 Å². The van der Waals surface area contributed by atoms with Crippen molar-refractivity contribution in [2.45, 2.75) is 20.1 Å². The van der Waals surface area contributed by atoms with E-state index in [0.717, 1.165) is 28.2 Å². The summed E-state index contributed by atoms with van der Waals surface area (Å²) in [4.78, 5) is 0. The molecule has 2 aromatic rings. The van der Waals surface area contributed by atoms with Crippen LogP contribution in [0.4, 0.5) is 0 Å². The largest absolute Gasteiger partial charge is 0.491 e. The number of rotatable bonds is 9. The van der Waals surface area contributed by atoms with Crippen LogP contribution in [-0.2, 0) is 4.74 Å². The van der Waals surface area contributed by atoms with Gasteiger partial charge < -0.3 is 14.2 Å². The van der Waals surface area contributed by atoms with Gasteiger partial charge in [-0.15, -0.1) is 0 Å². The molecule has 0 aliphatic heterocycles. The van der Waals surface area contributed by atoms with Crippen LogP contribution < -0.4 is 9.47 Å². The fraction of sp³-hybridized carbons (Fsp3) is 0.238. The Kier molecular flexibility index (Phi) is 6.64. The minimum atomic E-state index is -0.340. The van der Waals surface area contributed by atoms with E-state index in [1.54, 1.807) is 6.08 Å². The molecule has 0 bridgehead atoms. The molecule has 2 aromatic carbocycles. The molecule has 24 heavy (non-hydrogen) atoms. The lowest BCUT2D eigenvalue weighted by atomic mass is 10.1. The van der Waals surface area contributed by atoms with E-state index in [4.69, 9.17) is 14.2 Å². The Morgan fingerprint density at radius 1 is 1.00 bits per heavy atom. The zero-order valence-corrected chi connectivity index (χ0v) is 14.3. The van der Waals surface area contributed by atoms with Crippen molar-refractivity contribution in [3.05, 3.63) is 72.8 Å². The molecule has 0 saturated heterocycles. The van der Waals surface area contributed by atoms with Crippen LogP contribution in [0.25, 0.3) is 11.6 Å². The Bertz CT molecular complexity index is 656. The van der Waals surface area contributed by atoms with Gasteiger partial charge in [-0.05, 0) is 49.2 Å². The average Bonchev–Trinajstić information content (AvgIpc) is 2.59. The fourth-order valence-electron chi connectivity index (χ4n) is 2.12. The third-order valence-electron chi connectivity index (χ3n) is 3.47. The van der Waals surface area contributed by atoms with Gasteiger partial charge in [-0.3, -0.25) is 0 Å². The van der Waals surface area contributed by atoms with Gasteiger partial charge in [0.1, 0.15) is 18.1 Å². The molecular formula is C21H24O3. The highest BCUT2D eigenvalue weighted by atomic mass is 16.7. The topological polar surface area (TPSA) is 27.7 Å². The summed E-state index contributed by atoms with van der Waals surface area (Å²) in [5.41, 5.74) is 3.20. The third kappa shape index (κ3) is 5.60. The van der Waals surface area contributed by atoms with Crippen molar-refractivity contribution in [1.82, 2.24) is 0 Å². The molecule has 3 nitrogen and oxygen atoms in total. The van der Waals surface area contributed by atoms with Crippen molar-refractivity contribution in [3.63, 3.8) is 0 Å². The van der Waals surface area contributed by atoms with E-state index in [-0.39, 0.29) is 6.29 Å². The third-order valence-corrected chi connectivity index (χ3v) is 3.47. The van der Waals surface area contributed by atoms with Gasteiger partial charge in [0.15, 0.2) is 6.29 Å². The van der Waals surface area contributed by atoms with E-state index in [1.807, 2.05) is 62.4 Å². The minimum Gasteiger partial charge on any atom is -0.491 e. The predicted molar refractivity (Wildman–Crippen MR) is 99.2 cm³/mol. The second-order valence-electron chi connectivity index (χ2n) is 5.48. The summed E-state index contributed by atoms with van der Waals surface area (Å²) in [7, 11) is 0. The fourth-order valence-corrected chi connectivity index (χ4v) is 2.12. The number of ether oxygens (including phenoxy) is 3. The Morgan fingerprint density at radius 3 is 2.21 bits per heavy atom. The Labute approximate surface area is 144 Å². The molecule has 2 rings (SSSR count). The summed E-state index contributed by atoms with van der Waals surface area (Å²) in [6.07, 6.45) is 1.46. The van der Waals surface area contributed by atoms with Crippen molar-refractivity contribution >= 4 is 11.6 Å². The van der Waals surface area contributed by atoms with Gasteiger partial charge in [0.2, 0.25) is 0 Å². The van der Waals surface area contributed by atoms with Crippen LogP contribution in [0.3, 0.4) is 0 Å². The van der Waals surface area contributed by atoms with E-state index in [9.17, 15) is 0 Å². The van der Waals surface area contributed by atoms with E-state index >= 15 is 0 Å². The molecule has 0 spiro atoms. The van der Waals surface area contributed by atoms with Crippen LogP contribution in [0, 0.1) is 0 Å². The van der Waals surface area contributed by atoms with Crippen molar-refractivity contribution in [2.24, 2.45) is 0 Å². The molecule has 0 heterocycles. The average molecular weight is 324 g/mol. The lowest BCUT2D eigenvalue weighted by molar-refractivity contribution is -0.0739. The maximum Gasteiger partial charge on any atom is 0.197 e. The first-order valence-corrected chi connectivity index (χ1v) is 7.98. The van der Waals surface area contributed by atoms with Gasteiger partial charge in [0.05, 0.1) is 6.61 Å². The molecular weight excluding hydrogens is 300 g/mol. The lowest BCUT2D eigenvalue weighted by Crippen LogP contribution is -2.19. The molecule has 1 unspecified atom stereocenters. The maximum atomic E-state index is 5.71. The number of benzene rings is 2. The van der Waals surface area contributed by atoms with Gasteiger partial charge in [0, 0.05) is 0 Å². The molecule has 0 aromatic heterocycles. The van der Waals surface area contributed by atoms with Gasteiger partial charge in [-0.1, -0.05) is 49.1 Å². The maximum absolute atomic E-state index is 5.71. The SMILES string of the molecule is C=Cc1ccc(OCCOC(C)Oc2ccc(C(=C)C)cc2)cc1. The molecule has 3 heteroatoms. The Hall–Kier alpha value is -2.52. The predicted octanol–water partition coefficient (Wildman–Crippen LogP) is 5.18. The van der Waals surface area contributed by atoms with Crippen LogP contribution in [0.2, 0.25) is 0 Å². The van der Waals surface area contributed by atoms with Crippen LogP contribution in [-0.4, -0.2) is 19.5 Å². The molecule has 0 radical (unpaired) electrons. The Balaban J connectivity index is 1.69. The van der Waals surface area contributed by atoms with Crippen molar-refractivity contribution < 1.29 is 14.2 Å². The molecule has 0 aliphatic rings. The molecule has 0 fully saturated rings. The summed E-state index contributed by atoms with van der Waals surface area (Å²) < 4.78 is 16.9. The lowest BCUT2D eigenvalue weighted by Gasteiger charge is -2.16. The first-order chi connectivity index (χ1) is 11.6. The summed E-state index contributed by atoms with van der Waals surface area (Å²) >= 11 is 0. The molecule has 126 valence electrons. The van der Waals surface area contributed by atoms with Gasteiger partial charge in [0.25, 0.3) is 0 Å². The van der Waals surface area contributed by atoms with Crippen LogP contribution in [0.5, 0.6) is 11.5 Å². The number of hydrogen-bond donors (Lipinski definition) is 0. The quantitative estimate of drug-likeness (QED) is 0.470. The smallest absolute Gasteiger partial charge is 0.197 e. The second kappa shape index (κ2) is 8.94. The standard InChI is InChI=1S/C21H24O3/c1-5-18-6-10-20(11-7-18)23-15-14-22-17(4)24-21-12-8-19(9-13-21)16(2)3/h5-13,17H,1-2,14-15H2,3-4H3. The summed E-state index contributed by atoms with van der Waals surface area (Å²) in [5, 5.41) is 0. The first kappa shape index (κ1) is 17.8. The monoisotopic (exact) mass is 324 g/mol. The normalized spacial score (nSPS) is 11.6. The van der Waals surface area contributed by atoms with E-state index in [0.29, 0.717) is 13.2 Å². The minimum absolute atomic E-state index is 0.340. The molecule has 0 saturated carbocycles. The van der Waals surface area contributed by atoms with Crippen LogP contribution in [0.15, 0.2) is 61.7 Å². The number of hydrogen-bond acceptors (Lipinski definition) is 3. The van der Waals surface area contributed by atoms with Crippen molar-refractivity contribution in [1.29, 1.82) is 0 Å². The van der Waals surface area contributed by atoms with Gasteiger partial charge in [-0.2, -0.15) is 0 Å². The number of allylic oxidation sites excluding steroid dienone is 1. The molecule has 1 atom stereocenters. The zero-order valence-electron chi connectivity index (χ0n) is 14.3. The van der Waals surface area contributed by atoms with Crippen molar-refractivity contribution in [2.75, 3.05) is 13.2 Å².